The quantitative estimate of drug-likeness (QED) is 0.845. The molecule has 0 N–H and O–H groups in total. The minimum Gasteiger partial charge on any atom is -0.372 e. The monoisotopic (exact) mass is 330 g/mol. The number of carbonyl (C=O) groups is 1. The fourth-order valence-electron chi connectivity index (χ4n) is 3.48. The standard InChI is InChI=1S/C19H23FN2O2/c1-12-9-18(19(23)21-10-13(2)24-14(3)11-21)15(4)22(12)17-7-5-16(20)6-8-17/h5-9,13-14H,10-11H2,1-4H3/t13-,14-/m0/s1. The van der Waals surface area contributed by atoms with Gasteiger partial charge in [0.15, 0.2) is 0 Å². The van der Waals surface area contributed by atoms with E-state index in [4.69, 9.17) is 4.74 Å². The molecule has 4 nitrogen and oxygen atoms in total. The molecule has 1 aromatic heterocycles. The molecular formula is C19H23FN2O2. The SMILES string of the molecule is Cc1cc(C(=O)N2C[C@H](C)O[C@@H](C)C2)c(C)n1-c1ccc(F)cc1. The van der Waals surface area contributed by atoms with E-state index in [1.165, 1.54) is 12.1 Å². The minimum atomic E-state index is -0.270. The Hall–Kier alpha value is -2.14. The van der Waals surface area contributed by atoms with Crippen LogP contribution in [0.2, 0.25) is 0 Å². The largest absolute Gasteiger partial charge is 0.372 e. The van der Waals surface area contributed by atoms with Crippen LogP contribution in [0.25, 0.3) is 5.69 Å². The Morgan fingerprint density at radius 1 is 1.12 bits per heavy atom. The first kappa shape index (κ1) is 16.7. The molecule has 0 spiro atoms. The number of ether oxygens (including phenoxy) is 1. The number of nitrogens with zero attached hydrogens (tertiary/aromatic N) is 2. The Balaban J connectivity index is 1.93. The highest BCUT2D eigenvalue weighted by Gasteiger charge is 2.28. The molecule has 1 saturated heterocycles. The van der Waals surface area contributed by atoms with Gasteiger partial charge in [0.1, 0.15) is 5.82 Å². The summed E-state index contributed by atoms with van der Waals surface area (Å²) in [5, 5.41) is 0. The molecular weight excluding hydrogens is 307 g/mol. The first-order chi connectivity index (χ1) is 11.4. The second-order valence-corrected chi connectivity index (χ2v) is 6.56. The first-order valence-corrected chi connectivity index (χ1v) is 8.26. The minimum absolute atomic E-state index is 0.0264. The van der Waals surface area contributed by atoms with Crippen LogP contribution in [0.3, 0.4) is 0 Å². The van der Waals surface area contributed by atoms with Crippen LogP contribution in [-0.4, -0.2) is 40.7 Å². The van der Waals surface area contributed by atoms with Crippen molar-refractivity contribution in [2.45, 2.75) is 39.9 Å². The summed E-state index contributed by atoms with van der Waals surface area (Å²) in [6, 6.07) is 8.22. The van der Waals surface area contributed by atoms with Gasteiger partial charge in [-0.15, -0.1) is 0 Å². The van der Waals surface area contributed by atoms with Gasteiger partial charge in [0, 0.05) is 30.2 Å². The normalized spacial score (nSPS) is 21.1. The van der Waals surface area contributed by atoms with Gasteiger partial charge in [-0.25, -0.2) is 4.39 Å². The third kappa shape index (κ3) is 3.08. The Morgan fingerprint density at radius 2 is 1.71 bits per heavy atom. The van der Waals surface area contributed by atoms with E-state index in [2.05, 4.69) is 0 Å². The van der Waals surface area contributed by atoms with E-state index in [1.807, 2.05) is 43.2 Å². The van der Waals surface area contributed by atoms with Gasteiger partial charge in [0.25, 0.3) is 5.91 Å². The van der Waals surface area contributed by atoms with Crippen molar-refractivity contribution in [3.05, 3.63) is 53.1 Å². The van der Waals surface area contributed by atoms with Crippen molar-refractivity contribution in [2.75, 3.05) is 13.1 Å². The summed E-state index contributed by atoms with van der Waals surface area (Å²) >= 11 is 0. The zero-order valence-corrected chi connectivity index (χ0v) is 14.5. The van der Waals surface area contributed by atoms with Crippen LogP contribution in [0.15, 0.2) is 30.3 Å². The van der Waals surface area contributed by atoms with Crippen molar-refractivity contribution in [3.8, 4) is 5.69 Å². The van der Waals surface area contributed by atoms with Crippen LogP contribution in [0.1, 0.15) is 35.6 Å². The fraction of sp³-hybridized carbons (Fsp3) is 0.421. The number of morpholine rings is 1. The maximum absolute atomic E-state index is 13.2. The van der Waals surface area contributed by atoms with E-state index < -0.39 is 0 Å². The average molecular weight is 330 g/mol. The highest BCUT2D eigenvalue weighted by molar-refractivity contribution is 5.96. The lowest BCUT2D eigenvalue weighted by molar-refractivity contribution is -0.0586. The van der Waals surface area contributed by atoms with Crippen molar-refractivity contribution < 1.29 is 13.9 Å². The molecule has 0 saturated carbocycles. The highest BCUT2D eigenvalue weighted by Crippen LogP contribution is 2.23. The molecule has 24 heavy (non-hydrogen) atoms. The maximum Gasteiger partial charge on any atom is 0.255 e. The molecule has 0 bridgehead atoms. The number of benzene rings is 1. The van der Waals surface area contributed by atoms with E-state index in [0.717, 1.165) is 17.1 Å². The lowest BCUT2D eigenvalue weighted by Crippen LogP contribution is -2.48. The maximum atomic E-state index is 13.2. The Labute approximate surface area is 141 Å². The van der Waals surface area contributed by atoms with Gasteiger partial charge < -0.3 is 14.2 Å². The second-order valence-electron chi connectivity index (χ2n) is 6.56. The molecule has 1 aliphatic rings. The van der Waals surface area contributed by atoms with Crippen molar-refractivity contribution >= 4 is 5.91 Å². The van der Waals surface area contributed by atoms with Crippen molar-refractivity contribution in [1.82, 2.24) is 9.47 Å². The molecule has 5 heteroatoms. The number of aryl methyl sites for hydroxylation is 1. The number of carbonyl (C=O) groups excluding carboxylic acids is 1. The van der Waals surface area contributed by atoms with Crippen molar-refractivity contribution in [1.29, 1.82) is 0 Å². The molecule has 0 unspecified atom stereocenters. The summed E-state index contributed by atoms with van der Waals surface area (Å²) < 4.78 is 20.9. The zero-order chi connectivity index (χ0) is 17.4. The average Bonchev–Trinajstić information content (AvgIpc) is 2.81. The highest BCUT2D eigenvalue weighted by atomic mass is 19.1. The molecule has 2 atom stereocenters. The number of halogens is 1. The zero-order valence-electron chi connectivity index (χ0n) is 14.5. The van der Waals surface area contributed by atoms with Gasteiger partial charge in [-0.1, -0.05) is 0 Å². The topological polar surface area (TPSA) is 34.5 Å². The predicted octanol–water partition coefficient (Wildman–Crippen LogP) is 3.48. The third-order valence-electron chi connectivity index (χ3n) is 4.45. The van der Waals surface area contributed by atoms with E-state index in [1.54, 1.807) is 12.1 Å². The van der Waals surface area contributed by atoms with Gasteiger partial charge >= 0.3 is 0 Å². The fourth-order valence-corrected chi connectivity index (χ4v) is 3.48. The van der Waals surface area contributed by atoms with E-state index in [-0.39, 0.29) is 23.9 Å². The molecule has 1 fully saturated rings. The number of rotatable bonds is 2. The summed E-state index contributed by atoms with van der Waals surface area (Å²) in [6.45, 7) is 9.05. The van der Waals surface area contributed by atoms with Crippen molar-refractivity contribution in [2.24, 2.45) is 0 Å². The number of hydrogen-bond donors (Lipinski definition) is 0. The smallest absolute Gasteiger partial charge is 0.255 e. The molecule has 2 aromatic rings. The van der Waals surface area contributed by atoms with Crippen molar-refractivity contribution in [3.63, 3.8) is 0 Å². The van der Waals surface area contributed by atoms with Gasteiger partial charge in [-0.3, -0.25) is 4.79 Å². The lowest BCUT2D eigenvalue weighted by atomic mass is 10.1. The van der Waals surface area contributed by atoms with Gasteiger partial charge in [-0.2, -0.15) is 0 Å². The number of hydrogen-bond acceptors (Lipinski definition) is 2. The van der Waals surface area contributed by atoms with Crippen LogP contribution in [0, 0.1) is 19.7 Å². The van der Waals surface area contributed by atoms with E-state index >= 15 is 0 Å². The number of aromatic nitrogens is 1. The summed E-state index contributed by atoms with van der Waals surface area (Å²) in [5.74, 6) is -0.243. The molecule has 1 aromatic carbocycles. The van der Waals surface area contributed by atoms with Crippen LogP contribution in [-0.2, 0) is 4.74 Å². The van der Waals surface area contributed by atoms with Gasteiger partial charge in [-0.05, 0) is 58.0 Å². The molecule has 1 aliphatic heterocycles. The van der Waals surface area contributed by atoms with Crippen LogP contribution in [0.5, 0.6) is 0 Å². The van der Waals surface area contributed by atoms with Gasteiger partial charge in [0.05, 0.1) is 17.8 Å². The third-order valence-corrected chi connectivity index (χ3v) is 4.45. The summed E-state index contributed by atoms with van der Waals surface area (Å²) in [6.07, 6.45) is 0.0802. The second kappa shape index (κ2) is 6.40. The Kier molecular flexibility index (Phi) is 4.45. The van der Waals surface area contributed by atoms with E-state index in [9.17, 15) is 9.18 Å². The van der Waals surface area contributed by atoms with Crippen LogP contribution < -0.4 is 0 Å². The molecule has 3 rings (SSSR count). The lowest BCUT2D eigenvalue weighted by Gasteiger charge is -2.35. The first-order valence-electron chi connectivity index (χ1n) is 8.26. The van der Waals surface area contributed by atoms with Crippen LogP contribution >= 0.6 is 0 Å². The Bertz CT molecular complexity index is 741. The molecule has 0 aliphatic carbocycles. The summed E-state index contributed by atoms with van der Waals surface area (Å²) in [7, 11) is 0. The summed E-state index contributed by atoms with van der Waals surface area (Å²) in [4.78, 5) is 14.8. The molecule has 0 radical (unpaired) electrons. The molecule has 128 valence electrons. The van der Waals surface area contributed by atoms with Crippen LogP contribution in [0.4, 0.5) is 4.39 Å². The van der Waals surface area contributed by atoms with E-state index in [0.29, 0.717) is 18.7 Å². The molecule has 1 amide bonds. The number of amides is 1. The van der Waals surface area contributed by atoms with Gasteiger partial charge in [0.2, 0.25) is 0 Å². The Morgan fingerprint density at radius 3 is 2.29 bits per heavy atom. The summed E-state index contributed by atoms with van der Waals surface area (Å²) in [5.41, 5.74) is 3.38. The predicted molar refractivity (Wildman–Crippen MR) is 91.1 cm³/mol. The molecule has 2 heterocycles.